The molecule has 0 saturated carbocycles. The maximum Gasteiger partial charge on any atom is 0.223 e. The molecule has 3 rings (SSSR count). The van der Waals surface area contributed by atoms with E-state index in [9.17, 15) is 9.90 Å². The third-order valence-corrected chi connectivity index (χ3v) is 5.42. The van der Waals surface area contributed by atoms with Crippen molar-refractivity contribution in [2.45, 2.75) is 44.1 Å². The van der Waals surface area contributed by atoms with Crippen LogP contribution in [0.1, 0.15) is 37.7 Å². The maximum absolute atomic E-state index is 12.5. The van der Waals surface area contributed by atoms with Crippen LogP contribution >= 0.6 is 11.6 Å². The number of carbonyl (C=O) groups excluding carboxylic acids is 1. The molecule has 1 N–H and O–H groups in total. The first kappa shape index (κ1) is 17.7. The maximum atomic E-state index is 12.5. The summed E-state index contributed by atoms with van der Waals surface area (Å²) < 4.78 is 0. The Morgan fingerprint density at radius 3 is 2.54 bits per heavy atom. The molecule has 5 heteroatoms. The average molecular weight is 351 g/mol. The highest BCUT2D eigenvalue weighted by Crippen LogP contribution is 2.25. The number of piperidine rings is 1. The van der Waals surface area contributed by atoms with Gasteiger partial charge in [0.1, 0.15) is 0 Å². The lowest BCUT2D eigenvalue weighted by atomic mass is 9.92. The van der Waals surface area contributed by atoms with Crippen molar-refractivity contribution < 1.29 is 9.90 Å². The third kappa shape index (κ3) is 4.71. The fourth-order valence-electron chi connectivity index (χ4n) is 3.87. The van der Waals surface area contributed by atoms with Gasteiger partial charge in [-0.05, 0) is 62.9 Å². The SMILES string of the molecule is O=C(CCc1ccc(Cl)cc1)N1CCCC(O)(CN2CCCC2)C1. The molecular formula is C19H27ClN2O2. The molecule has 24 heavy (non-hydrogen) atoms. The fourth-order valence-corrected chi connectivity index (χ4v) is 4.00. The van der Waals surface area contributed by atoms with Crippen molar-refractivity contribution >= 4 is 17.5 Å². The molecule has 1 amide bonds. The van der Waals surface area contributed by atoms with Gasteiger partial charge in [-0.25, -0.2) is 0 Å². The molecule has 1 aromatic carbocycles. The van der Waals surface area contributed by atoms with Gasteiger partial charge < -0.3 is 14.9 Å². The molecule has 1 aromatic rings. The van der Waals surface area contributed by atoms with Crippen molar-refractivity contribution in [1.82, 2.24) is 9.80 Å². The van der Waals surface area contributed by atoms with Gasteiger partial charge in [0.2, 0.25) is 5.91 Å². The van der Waals surface area contributed by atoms with Gasteiger partial charge in [-0.2, -0.15) is 0 Å². The lowest BCUT2D eigenvalue weighted by Gasteiger charge is -2.41. The van der Waals surface area contributed by atoms with Crippen LogP contribution in [0.3, 0.4) is 0 Å². The summed E-state index contributed by atoms with van der Waals surface area (Å²) in [4.78, 5) is 16.7. The summed E-state index contributed by atoms with van der Waals surface area (Å²) in [7, 11) is 0. The summed E-state index contributed by atoms with van der Waals surface area (Å²) in [5, 5.41) is 11.6. The first-order valence-corrected chi connectivity index (χ1v) is 9.39. The van der Waals surface area contributed by atoms with Crippen LogP contribution in [0.4, 0.5) is 0 Å². The Morgan fingerprint density at radius 2 is 1.83 bits per heavy atom. The Labute approximate surface area is 149 Å². The highest BCUT2D eigenvalue weighted by atomic mass is 35.5. The molecule has 132 valence electrons. The van der Waals surface area contributed by atoms with E-state index in [1.807, 2.05) is 29.2 Å². The first-order chi connectivity index (χ1) is 11.5. The molecule has 1 atom stereocenters. The number of aryl methyl sites for hydroxylation is 1. The normalized spacial score (nSPS) is 25.2. The molecule has 2 fully saturated rings. The minimum atomic E-state index is -0.738. The van der Waals surface area contributed by atoms with Crippen LogP contribution < -0.4 is 0 Å². The summed E-state index contributed by atoms with van der Waals surface area (Å²) in [6, 6.07) is 7.65. The molecule has 0 aliphatic carbocycles. The number of rotatable bonds is 5. The van der Waals surface area contributed by atoms with Gasteiger partial charge in [0.15, 0.2) is 0 Å². The molecule has 2 aliphatic heterocycles. The van der Waals surface area contributed by atoms with E-state index in [4.69, 9.17) is 11.6 Å². The monoisotopic (exact) mass is 350 g/mol. The van der Waals surface area contributed by atoms with Gasteiger partial charge in [0.05, 0.1) is 12.1 Å². The minimum Gasteiger partial charge on any atom is -0.387 e. The van der Waals surface area contributed by atoms with Gasteiger partial charge in [-0.1, -0.05) is 23.7 Å². The molecule has 0 aromatic heterocycles. The van der Waals surface area contributed by atoms with E-state index in [2.05, 4.69) is 4.90 Å². The van der Waals surface area contributed by atoms with Gasteiger partial charge in [0.25, 0.3) is 0 Å². The zero-order valence-corrected chi connectivity index (χ0v) is 15.0. The average Bonchev–Trinajstić information content (AvgIpc) is 3.06. The number of aliphatic hydroxyl groups is 1. The van der Waals surface area contributed by atoms with E-state index in [-0.39, 0.29) is 5.91 Å². The number of halogens is 1. The summed E-state index contributed by atoms with van der Waals surface area (Å²) in [5.74, 6) is 0.143. The predicted molar refractivity (Wildman–Crippen MR) is 96.2 cm³/mol. The second-order valence-electron chi connectivity index (χ2n) is 7.25. The molecule has 0 spiro atoms. The number of hydrogen-bond acceptors (Lipinski definition) is 3. The van der Waals surface area contributed by atoms with Gasteiger partial charge in [-0.15, -0.1) is 0 Å². The predicted octanol–water partition coefficient (Wildman–Crippen LogP) is 2.72. The van der Waals surface area contributed by atoms with E-state index in [0.717, 1.165) is 44.5 Å². The highest BCUT2D eigenvalue weighted by Gasteiger charge is 2.36. The molecular weight excluding hydrogens is 324 g/mol. The van der Waals surface area contributed by atoms with E-state index >= 15 is 0 Å². The quantitative estimate of drug-likeness (QED) is 0.888. The number of amides is 1. The summed E-state index contributed by atoms with van der Waals surface area (Å²) in [6.07, 6.45) is 5.33. The standard InChI is InChI=1S/C19H27ClN2O2/c20-17-7-4-16(5-8-17)6-9-18(23)22-13-3-10-19(24,15-22)14-21-11-1-2-12-21/h4-5,7-8,24H,1-3,6,9-15H2. The Morgan fingerprint density at radius 1 is 1.12 bits per heavy atom. The van der Waals surface area contributed by atoms with Crippen LogP contribution in [0, 0.1) is 0 Å². The van der Waals surface area contributed by atoms with E-state index < -0.39 is 5.60 Å². The van der Waals surface area contributed by atoms with Crippen molar-refractivity contribution in [3.63, 3.8) is 0 Å². The van der Waals surface area contributed by atoms with Crippen molar-refractivity contribution in [1.29, 1.82) is 0 Å². The largest absolute Gasteiger partial charge is 0.387 e. The topological polar surface area (TPSA) is 43.8 Å². The zero-order chi connectivity index (χ0) is 17.0. The lowest BCUT2D eigenvalue weighted by Crippen LogP contribution is -2.55. The number of nitrogens with zero attached hydrogens (tertiary/aromatic N) is 2. The number of carbonyl (C=O) groups is 1. The van der Waals surface area contributed by atoms with Gasteiger partial charge in [0, 0.05) is 24.5 Å². The second kappa shape index (κ2) is 7.85. The molecule has 0 bridgehead atoms. The van der Waals surface area contributed by atoms with E-state index in [1.54, 1.807) is 0 Å². The zero-order valence-electron chi connectivity index (χ0n) is 14.2. The Bertz CT molecular complexity index is 557. The number of benzene rings is 1. The number of β-amino-alcohol motifs (C(OH)–C–C–N with tert-alkyl or cyclic N) is 1. The summed E-state index contributed by atoms with van der Waals surface area (Å²) in [6.45, 7) is 4.10. The summed E-state index contributed by atoms with van der Waals surface area (Å²) >= 11 is 5.89. The fraction of sp³-hybridized carbons (Fsp3) is 0.632. The summed E-state index contributed by atoms with van der Waals surface area (Å²) in [5.41, 5.74) is 0.385. The number of hydrogen-bond donors (Lipinski definition) is 1. The van der Waals surface area contributed by atoms with Crippen LogP contribution in [-0.2, 0) is 11.2 Å². The smallest absolute Gasteiger partial charge is 0.223 e. The van der Waals surface area contributed by atoms with Crippen molar-refractivity contribution in [3.05, 3.63) is 34.9 Å². The van der Waals surface area contributed by atoms with Crippen molar-refractivity contribution in [2.75, 3.05) is 32.7 Å². The second-order valence-corrected chi connectivity index (χ2v) is 7.69. The van der Waals surface area contributed by atoms with Crippen LogP contribution in [-0.4, -0.2) is 59.1 Å². The Balaban J connectivity index is 1.51. The van der Waals surface area contributed by atoms with Crippen LogP contribution in [0.25, 0.3) is 0 Å². The van der Waals surface area contributed by atoms with E-state index in [1.165, 1.54) is 12.8 Å². The van der Waals surface area contributed by atoms with Crippen LogP contribution in [0.15, 0.2) is 24.3 Å². The molecule has 2 heterocycles. The molecule has 2 aliphatic rings. The Hall–Kier alpha value is -1.10. The molecule has 2 saturated heterocycles. The van der Waals surface area contributed by atoms with Crippen LogP contribution in [0.5, 0.6) is 0 Å². The van der Waals surface area contributed by atoms with Crippen molar-refractivity contribution in [3.8, 4) is 0 Å². The molecule has 1 unspecified atom stereocenters. The van der Waals surface area contributed by atoms with Crippen LogP contribution in [0.2, 0.25) is 5.02 Å². The molecule has 0 radical (unpaired) electrons. The lowest BCUT2D eigenvalue weighted by molar-refractivity contribution is -0.139. The van der Waals surface area contributed by atoms with Crippen molar-refractivity contribution in [2.24, 2.45) is 0 Å². The highest BCUT2D eigenvalue weighted by molar-refractivity contribution is 6.30. The molecule has 4 nitrogen and oxygen atoms in total. The third-order valence-electron chi connectivity index (χ3n) is 5.17. The Kier molecular flexibility index (Phi) is 5.80. The van der Waals surface area contributed by atoms with Gasteiger partial charge >= 0.3 is 0 Å². The number of likely N-dealkylation sites (tertiary alicyclic amines) is 2. The van der Waals surface area contributed by atoms with E-state index in [0.29, 0.717) is 24.5 Å². The minimum absolute atomic E-state index is 0.143. The van der Waals surface area contributed by atoms with Gasteiger partial charge in [-0.3, -0.25) is 4.79 Å². The first-order valence-electron chi connectivity index (χ1n) is 9.01.